The number of carbonyl (C=O) groups excluding carboxylic acids is 1. The van der Waals surface area contributed by atoms with E-state index in [2.05, 4.69) is 38.2 Å². The lowest BCUT2D eigenvalue weighted by atomic mass is 10.1. The number of aromatic nitrogens is 2. The minimum absolute atomic E-state index is 0.0243. The van der Waals surface area contributed by atoms with Crippen molar-refractivity contribution in [3.8, 4) is 10.6 Å². The summed E-state index contributed by atoms with van der Waals surface area (Å²) in [6.45, 7) is 2.09. The molecule has 8 rings (SSSR count). The number of thiophene rings is 1. The number of carbonyl (C=O) groups is 1. The van der Waals surface area contributed by atoms with Crippen molar-refractivity contribution in [3.63, 3.8) is 0 Å². The maximum atomic E-state index is 14.2. The normalized spacial score (nSPS) is 25.0. The number of nitrogens with one attached hydrogen (secondary N) is 1. The number of halogens is 3. The van der Waals surface area contributed by atoms with E-state index in [0.717, 1.165) is 79.7 Å². The molecular formula is C30H31F3N6O3S2. The second kappa shape index (κ2) is 9.88. The van der Waals surface area contributed by atoms with Gasteiger partial charge in [-0.25, -0.2) is 18.4 Å². The number of piperazine rings is 1. The Morgan fingerprint density at radius 3 is 2.48 bits per heavy atom. The van der Waals surface area contributed by atoms with Gasteiger partial charge >= 0.3 is 6.18 Å². The average molecular weight is 645 g/mol. The number of hydrogen-bond donors (Lipinski definition) is 1. The van der Waals surface area contributed by atoms with E-state index >= 15 is 0 Å². The molecule has 4 fully saturated rings. The van der Waals surface area contributed by atoms with Crippen molar-refractivity contribution in [2.45, 2.75) is 67.2 Å². The van der Waals surface area contributed by atoms with Gasteiger partial charge in [0.05, 0.1) is 21.2 Å². The molecule has 1 amide bonds. The van der Waals surface area contributed by atoms with Crippen molar-refractivity contribution in [1.29, 1.82) is 0 Å². The summed E-state index contributed by atoms with van der Waals surface area (Å²) in [5.41, 5.74) is 1.44. The first-order chi connectivity index (χ1) is 21.0. The summed E-state index contributed by atoms with van der Waals surface area (Å²) >= 11 is 0.749. The zero-order valence-corrected chi connectivity index (χ0v) is 25.6. The predicted octanol–water partition coefficient (Wildman–Crippen LogP) is 5.13. The van der Waals surface area contributed by atoms with Crippen LogP contribution in [0.3, 0.4) is 0 Å². The Kier molecular flexibility index (Phi) is 6.35. The summed E-state index contributed by atoms with van der Waals surface area (Å²) in [5.74, 6) is -0.390. The van der Waals surface area contributed by atoms with E-state index in [4.69, 9.17) is 0 Å². The fourth-order valence-corrected chi connectivity index (χ4v) is 9.80. The van der Waals surface area contributed by atoms with Gasteiger partial charge in [-0.3, -0.25) is 9.69 Å². The van der Waals surface area contributed by atoms with Gasteiger partial charge in [0.15, 0.2) is 9.84 Å². The average Bonchev–Trinajstić information content (AvgIpc) is 3.89. The number of fused-ring (bicyclic) bond motifs is 3. The van der Waals surface area contributed by atoms with Gasteiger partial charge in [0.1, 0.15) is 10.4 Å². The number of likely N-dealkylation sites (N-methyl/N-ethyl adjacent to an activating group) is 1. The smallest absolute Gasteiger partial charge is 0.366 e. The zero-order chi connectivity index (χ0) is 30.5. The molecule has 5 heterocycles. The highest BCUT2D eigenvalue weighted by Gasteiger charge is 2.43. The number of anilines is 3. The molecule has 2 saturated heterocycles. The lowest BCUT2D eigenvalue weighted by Gasteiger charge is -2.34. The van der Waals surface area contributed by atoms with Crippen molar-refractivity contribution in [3.05, 3.63) is 46.5 Å². The molecule has 5 aliphatic rings. The Labute approximate surface area is 257 Å². The molecule has 2 atom stereocenters. The lowest BCUT2D eigenvalue weighted by molar-refractivity contribution is -0.137. The lowest BCUT2D eigenvalue weighted by Crippen LogP contribution is -2.44. The third-order valence-corrected chi connectivity index (χ3v) is 12.5. The van der Waals surface area contributed by atoms with E-state index in [1.807, 2.05) is 12.1 Å². The van der Waals surface area contributed by atoms with Crippen LogP contribution in [-0.4, -0.2) is 84.7 Å². The predicted molar refractivity (Wildman–Crippen MR) is 160 cm³/mol. The molecule has 232 valence electrons. The quantitative estimate of drug-likeness (QED) is 0.395. The van der Waals surface area contributed by atoms with Gasteiger partial charge in [0, 0.05) is 55.3 Å². The van der Waals surface area contributed by atoms with E-state index < -0.39 is 33.2 Å². The Morgan fingerprint density at radius 1 is 1.02 bits per heavy atom. The second-order valence-corrected chi connectivity index (χ2v) is 15.7. The number of rotatable bonds is 6. The number of alkyl halides is 3. The molecule has 2 aliphatic carbocycles. The highest BCUT2D eigenvalue weighted by Crippen LogP contribution is 2.47. The van der Waals surface area contributed by atoms with Crippen LogP contribution in [0.4, 0.5) is 30.5 Å². The molecule has 2 saturated carbocycles. The second-order valence-electron chi connectivity index (χ2n) is 12.6. The van der Waals surface area contributed by atoms with E-state index in [1.54, 1.807) is 0 Å². The molecule has 0 unspecified atom stereocenters. The summed E-state index contributed by atoms with van der Waals surface area (Å²) in [5, 5.41) is 3.16. The van der Waals surface area contributed by atoms with E-state index in [-0.39, 0.29) is 38.9 Å². The topological polar surface area (TPSA) is 98.7 Å². The molecule has 2 aromatic heterocycles. The fourth-order valence-electron chi connectivity index (χ4n) is 6.88. The van der Waals surface area contributed by atoms with E-state index in [0.29, 0.717) is 18.0 Å². The summed E-state index contributed by atoms with van der Waals surface area (Å²) < 4.78 is 68.8. The minimum atomic E-state index is -4.79. The molecular weight excluding hydrogens is 613 g/mol. The van der Waals surface area contributed by atoms with Crippen LogP contribution in [0.25, 0.3) is 10.6 Å². The summed E-state index contributed by atoms with van der Waals surface area (Å²) in [4.78, 5) is 27.7. The van der Waals surface area contributed by atoms with Crippen molar-refractivity contribution < 1.29 is 26.4 Å². The van der Waals surface area contributed by atoms with Gasteiger partial charge in [-0.2, -0.15) is 13.2 Å². The first-order valence-corrected chi connectivity index (χ1v) is 17.4. The Balaban J connectivity index is 1.15. The van der Waals surface area contributed by atoms with Crippen LogP contribution in [0.15, 0.2) is 35.4 Å². The molecule has 3 aliphatic heterocycles. The molecule has 3 aromatic rings. The molecule has 1 aromatic carbocycles. The SMILES string of the molecule is CN1C[C@H]2C[C@@H]1CN2c1ccc(Nc2ncc(C(F)(F)F)c(-c3cc4c(s3)C(=O)N(C3CC3)CCS4(=O)=O)n2)c(C2CC2)c1. The number of hydrogen-bond acceptors (Lipinski definition) is 9. The molecule has 1 N–H and O–H groups in total. The molecule has 9 nitrogen and oxygen atoms in total. The van der Waals surface area contributed by atoms with Crippen LogP contribution >= 0.6 is 11.3 Å². The molecule has 0 spiro atoms. The Bertz CT molecular complexity index is 1780. The molecule has 0 radical (unpaired) electrons. The third kappa shape index (κ3) is 4.85. The monoisotopic (exact) mass is 644 g/mol. The first kappa shape index (κ1) is 28.3. The number of benzene rings is 1. The number of sulfone groups is 1. The largest absolute Gasteiger partial charge is 0.420 e. The number of likely N-dealkylation sites (tertiary alicyclic amines) is 1. The Morgan fingerprint density at radius 2 is 1.82 bits per heavy atom. The van der Waals surface area contributed by atoms with Crippen LogP contribution in [0.1, 0.15) is 58.8 Å². The van der Waals surface area contributed by atoms with Crippen LogP contribution in [0, 0.1) is 0 Å². The van der Waals surface area contributed by atoms with Gasteiger partial charge in [-0.1, -0.05) is 0 Å². The van der Waals surface area contributed by atoms with Crippen molar-refractivity contribution in [1.82, 2.24) is 19.8 Å². The van der Waals surface area contributed by atoms with Crippen molar-refractivity contribution >= 4 is 44.4 Å². The maximum absolute atomic E-state index is 14.2. The van der Waals surface area contributed by atoms with Crippen molar-refractivity contribution in [2.75, 3.05) is 42.7 Å². The minimum Gasteiger partial charge on any atom is -0.366 e. The Hall–Kier alpha value is -3.23. The third-order valence-electron chi connectivity index (χ3n) is 9.55. The van der Waals surface area contributed by atoms with E-state index in [1.165, 1.54) is 11.0 Å². The highest BCUT2D eigenvalue weighted by molar-refractivity contribution is 7.91. The van der Waals surface area contributed by atoms with Crippen LogP contribution in [-0.2, 0) is 16.0 Å². The molecule has 14 heteroatoms. The van der Waals surface area contributed by atoms with Gasteiger partial charge in [-0.15, -0.1) is 11.3 Å². The van der Waals surface area contributed by atoms with Crippen molar-refractivity contribution in [2.24, 2.45) is 0 Å². The summed E-state index contributed by atoms with van der Waals surface area (Å²) in [6.07, 6.45) is 0.736. The van der Waals surface area contributed by atoms with E-state index in [9.17, 15) is 26.4 Å². The first-order valence-electron chi connectivity index (χ1n) is 15.0. The summed E-state index contributed by atoms with van der Waals surface area (Å²) in [7, 11) is -1.71. The fraction of sp³-hybridized carbons (Fsp3) is 0.500. The van der Waals surface area contributed by atoms with Gasteiger partial charge in [-0.05, 0) is 74.9 Å². The molecule has 44 heavy (non-hydrogen) atoms. The van der Waals surface area contributed by atoms with Gasteiger partial charge in [0.2, 0.25) is 5.95 Å². The maximum Gasteiger partial charge on any atom is 0.420 e. The highest BCUT2D eigenvalue weighted by atomic mass is 32.2. The molecule has 2 bridgehead atoms. The number of nitrogens with zero attached hydrogens (tertiary/aromatic N) is 5. The van der Waals surface area contributed by atoms with Crippen LogP contribution in [0.2, 0.25) is 0 Å². The number of amides is 1. The zero-order valence-electron chi connectivity index (χ0n) is 24.0. The van der Waals surface area contributed by atoms with Crippen LogP contribution < -0.4 is 10.2 Å². The standard InChI is InChI=1S/C30H31F3N6O3S2/c1-37-14-20-10-19(37)15-39(20)18-6-7-23(21(11-18)16-2-3-16)35-29-34-13-22(30(31,32)33)26(36-29)24-12-25-27(43-24)28(40)38(17-4-5-17)8-9-44(25,41)42/h6-7,11-13,16-17,19-20H,2-5,8-10,14-15H2,1H3,(H,34,35,36)/t19-,20-/m1/s1. The van der Waals surface area contributed by atoms with Gasteiger partial charge in [0.25, 0.3) is 5.91 Å². The van der Waals surface area contributed by atoms with Crippen LogP contribution in [0.5, 0.6) is 0 Å². The van der Waals surface area contributed by atoms with Gasteiger partial charge < -0.3 is 15.1 Å². The summed E-state index contributed by atoms with van der Waals surface area (Å²) in [6, 6.07) is 8.35.